The second kappa shape index (κ2) is 6.19. The summed E-state index contributed by atoms with van der Waals surface area (Å²) in [7, 11) is 0. The quantitative estimate of drug-likeness (QED) is 0.757. The molecule has 1 aromatic carbocycles. The number of hydrogen-bond acceptors (Lipinski definition) is 2. The minimum Gasteiger partial charge on any atom is -0.354 e. The van der Waals surface area contributed by atoms with Gasteiger partial charge in [0.1, 0.15) is 0 Å². The third kappa shape index (κ3) is 4.13. The van der Waals surface area contributed by atoms with E-state index in [2.05, 4.69) is 5.32 Å². The predicted octanol–water partition coefficient (Wildman–Crippen LogP) is 1.08. The van der Waals surface area contributed by atoms with Gasteiger partial charge in [-0.2, -0.15) is 0 Å². The molecule has 0 heterocycles. The average Bonchev–Trinajstić information content (AvgIpc) is 2.29. The first-order chi connectivity index (χ1) is 7.24. The maximum absolute atomic E-state index is 11.3. The Bertz CT molecular complexity index is 298. The highest BCUT2D eigenvalue weighted by Gasteiger charge is 2.08. The van der Waals surface area contributed by atoms with Gasteiger partial charge in [-0.15, -0.1) is 0 Å². The summed E-state index contributed by atoms with van der Waals surface area (Å²) in [5, 5.41) is 2.82. The third-order valence-corrected chi connectivity index (χ3v) is 2.33. The number of hydrogen-bond donors (Lipinski definition) is 2. The van der Waals surface area contributed by atoms with Crippen LogP contribution in [0.1, 0.15) is 18.9 Å². The molecular weight excluding hydrogens is 188 g/mol. The Kier molecular flexibility index (Phi) is 4.84. The van der Waals surface area contributed by atoms with Crippen LogP contribution in [0.15, 0.2) is 30.3 Å². The van der Waals surface area contributed by atoms with E-state index in [-0.39, 0.29) is 11.9 Å². The molecule has 0 fully saturated rings. The highest BCUT2D eigenvalue weighted by atomic mass is 16.2. The maximum atomic E-state index is 11.3. The summed E-state index contributed by atoms with van der Waals surface area (Å²) in [6.45, 7) is 2.55. The first kappa shape index (κ1) is 11.7. The molecule has 0 aliphatic rings. The zero-order valence-electron chi connectivity index (χ0n) is 9.07. The molecule has 1 amide bonds. The van der Waals surface area contributed by atoms with Gasteiger partial charge in [-0.25, -0.2) is 0 Å². The summed E-state index contributed by atoms with van der Waals surface area (Å²) in [6, 6.07) is 9.69. The van der Waals surface area contributed by atoms with Crippen molar-refractivity contribution in [1.29, 1.82) is 0 Å². The first-order valence-corrected chi connectivity index (χ1v) is 5.31. The lowest BCUT2D eigenvalue weighted by molar-refractivity contribution is -0.122. The highest BCUT2D eigenvalue weighted by molar-refractivity contribution is 5.81. The van der Waals surface area contributed by atoms with Crippen molar-refractivity contribution >= 4 is 5.91 Å². The second-order valence-corrected chi connectivity index (χ2v) is 3.54. The van der Waals surface area contributed by atoms with Crippen LogP contribution in [0.25, 0.3) is 0 Å². The normalized spacial score (nSPS) is 12.1. The second-order valence-electron chi connectivity index (χ2n) is 3.54. The van der Waals surface area contributed by atoms with Gasteiger partial charge in [-0.05, 0) is 18.4 Å². The Morgan fingerprint density at radius 2 is 2.07 bits per heavy atom. The van der Waals surface area contributed by atoms with Crippen molar-refractivity contribution in [3.63, 3.8) is 0 Å². The van der Waals surface area contributed by atoms with Crippen LogP contribution in [0.2, 0.25) is 0 Å². The number of nitrogens with two attached hydrogens (primary N) is 1. The van der Waals surface area contributed by atoms with Crippen molar-refractivity contribution in [2.75, 3.05) is 6.54 Å². The molecule has 82 valence electrons. The van der Waals surface area contributed by atoms with Crippen LogP contribution in [0.3, 0.4) is 0 Å². The van der Waals surface area contributed by atoms with Crippen LogP contribution < -0.4 is 11.1 Å². The summed E-state index contributed by atoms with van der Waals surface area (Å²) in [5.41, 5.74) is 6.81. The lowest BCUT2D eigenvalue weighted by Crippen LogP contribution is -2.40. The standard InChI is InChI=1S/C12H18N2O/c1-2-11(13)12(15)14-9-8-10-6-4-3-5-7-10/h3-7,11H,2,8-9,13H2,1H3,(H,14,15)/t11-/m0/s1. The van der Waals surface area contributed by atoms with Gasteiger partial charge in [0.25, 0.3) is 0 Å². The van der Waals surface area contributed by atoms with Crippen LogP contribution in [0.5, 0.6) is 0 Å². The van der Waals surface area contributed by atoms with Crippen molar-refractivity contribution < 1.29 is 4.79 Å². The largest absolute Gasteiger partial charge is 0.354 e. The molecule has 0 aliphatic carbocycles. The van der Waals surface area contributed by atoms with Crippen molar-refractivity contribution in [3.05, 3.63) is 35.9 Å². The lowest BCUT2D eigenvalue weighted by atomic mass is 10.1. The van der Waals surface area contributed by atoms with E-state index >= 15 is 0 Å². The van der Waals surface area contributed by atoms with Crippen molar-refractivity contribution in [3.8, 4) is 0 Å². The number of nitrogens with one attached hydrogen (secondary N) is 1. The molecule has 3 heteroatoms. The fourth-order valence-corrected chi connectivity index (χ4v) is 1.29. The highest BCUT2D eigenvalue weighted by Crippen LogP contribution is 1.98. The smallest absolute Gasteiger partial charge is 0.236 e. The fourth-order valence-electron chi connectivity index (χ4n) is 1.29. The molecule has 1 aromatic rings. The molecule has 0 aliphatic heterocycles. The molecule has 3 nitrogen and oxygen atoms in total. The Morgan fingerprint density at radius 3 is 2.67 bits per heavy atom. The number of amides is 1. The molecule has 0 aromatic heterocycles. The van der Waals surface area contributed by atoms with Gasteiger partial charge >= 0.3 is 0 Å². The average molecular weight is 206 g/mol. The van der Waals surface area contributed by atoms with E-state index in [1.807, 2.05) is 37.3 Å². The lowest BCUT2D eigenvalue weighted by Gasteiger charge is -2.09. The SMILES string of the molecule is CC[C@H](N)C(=O)NCCc1ccccc1. The molecule has 15 heavy (non-hydrogen) atoms. The van der Waals surface area contributed by atoms with E-state index in [1.165, 1.54) is 5.56 Å². The van der Waals surface area contributed by atoms with Crippen LogP contribution in [0.4, 0.5) is 0 Å². The van der Waals surface area contributed by atoms with E-state index in [1.54, 1.807) is 0 Å². The summed E-state index contributed by atoms with van der Waals surface area (Å²) in [5.74, 6) is -0.0616. The summed E-state index contributed by atoms with van der Waals surface area (Å²) in [6.07, 6.45) is 1.53. The summed E-state index contributed by atoms with van der Waals surface area (Å²) < 4.78 is 0. The number of benzene rings is 1. The van der Waals surface area contributed by atoms with Gasteiger partial charge in [0.15, 0.2) is 0 Å². The molecule has 1 atom stereocenters. The topological polar surface area (TPSA) is 55.1 Å². The van der Waals surface area contributed by atoms with Gasteiger partial charge in [-0.3, -0.25) is 4.79 Å². The van der Waals surface area contributed by atoms with Gasteiger partial charge < -0.3 is 11.1 Å². The molecule has 0 saturated carbocycles. The van der Waals surface area contributed by atoms with Gasteiger partial charge in [0.2, 0.25) is 5.91 Å². The number of carbonyl (C=O) groups excluding carboxylic acids is 1. The molecule has 0 saturated heterocycles. The van der Waals surface area contributed by atoms with Crippen molar-refractivity contribution in [2.24, 2.45) is 5.73 Å². The molecular formula is C12H18N2O. The van der Waals surface area contributed by atoms with Crippen LogP contribution in [0, 0.1) is 0 Å². The summed E-state index contributed by atoms with van der Waals surface area (Å²) >= 11 is 0. The van der Waals surface area contributed by atoms with E-state index in [0.717, 1.165) is 6.42 Å². The molecule has 0 radical (unpaired) electrons. The number of rotatable bonds is 5. The van der Waals surface area contributed by atoms with Gasteiger partial charge in [0, 0.05) is 6.54 Å². The van der Waals surface area contributed by atoms with E-state index < -0.39 is 0 Å². The fraction of sp³-hybridized carbons (Fsp3) is 0.417. The maximum Gasteiger partial charge on any atom is 0.236 e. The van der Waals surface area contributed by atoms with Crippen molar-refractivity contribution in [2.45, 2.75) is 25.8 Å². The van der Waals surface area contributed by atoms with E-state index in [4.69, 9.17) is 5.73 Å². The minimum atomic E-state index is -0.374. The summed E-state index contributed by atoms with van der Waals surface area (Å²) in [4.78, 5) is 11.3. The van der Waals surface area contributed by atoms with Gasteiger partial charge in [0.05, 0.1) is 6.04 Å². The Balaban J connectivity index is 2.25. The van der Waals surface area contributed by atoms with Crippen LogP contribution in [-0.4, -0.2) is 18.5 Å². The van der Waals surface area contributed by atoms with Gasteiger partial charge in [-0.1, -0.05) is 37.3 Å². The Morgan fingerprint density at radius 1 is 1.40 bits per heavy atom. The zero-order valence-corrected chi connectivity index (χ0v) is 9.07. The zero-order chi connectivity index (χ0) is 11.1. The van der Waals surface area contributed by atoms with E-state index in [9.17, 15) is 4.79 Å². The van der Waals surface area contributed by atoms with Crippen LogP contribution in [-0.2, 0) is 11.2 Å². The molecule has 1 rings (SSSR count). The minimum absolute atomic E-state index is 0.0616. The monoisotopic (exact) mass is 206 g/mol. The Labute approximate surface area is 90.7 Å². The van der Waals surface area contributed by atoms with E-state index in [0.29, 0.717) is 13.0 Å². The third-order valence-electron chi connectivity index (χ3n) is 2.33. The molecule has 0 unspecified atom stereocenters. The molecule has 3 N–H and O–H groups in total. The molecule has 0 spiro atoms. The van der Waals surface area contributed by atoms with Crippen LogP contribution >= 0.6 is 0 Å². The molecule has 0 bridgehead atoms. The van der Waals surface area contributed by atoms with Crippen molar-refractivity contribution in [1.82, 2.24) is 5.32 Å². The number of carbonyl (C=O) groups is 1. The predicted molar refractivity (Wildman–Crippen MR) is 61.4 cm³/mol. The Hall–Kier alpha value is -1.35. The first-order valence-electron chi connectivity index (χ1n) is 5.31.